The second-order valence-electron chi connectivity index (χ2n) is 9.85. The van der Waals surface area contributed by atoms with Crippen LogP contribution >= 0.6 is 0 Å². The Bertz CT molecular complexity index is 1550. The first-order valence-corrected chi connectivity index (χ1v) is 12.6. The topological polar surface area (TPSA) is 111 Å². The fourth-order valence-electron chi connectivity index (χ4n) is 4.14. The molecule has 3 aromatic carbocycles. The minimum Gasteiger partial charge on any atom is -0.493 e. The Morgan fingerprint density at radius 3 is 2.33 bits per heavy atom. The van der Waals surface area contributed by atoms with Gasteiger partial charge in [-0.2, -0.15) is 0 Å². The maximum atomic E-state index is 11.6. The second-order valence-corrected chi connectivity index (χ2v) is 9.85. The molecule has 1 aromatic heterocycles. The molecule has 0 aliphatic rings. The summed E-state index contributed by atoms with van der Waals surface area (Å²) in [6.45, 7) is 8.12. The molecule has 0 N–H and O–H groups in total. The zero-order valence-corrected chi connectivity index (χ0v) is 25.4. The first-order valence-electron chi connectivity index (χ1n) is 12.6. The van der Waals surface area contributed by atoms with Crippen molar-refractivity contribution in [2.45, 2.75) is 52.9 Å². The van der Waals surface area contributed by atoms with Gasteiger partial charge in [-0.3, -0.25) is 14.3 Å². The van der Waals surface area contributed by atoms with Gasteiger partial charge in [-0.05, 0) is 78.9 Å². The van der Waals surface area contributed by atoms with Crippen LogP contribution in [0, 0.1) is 6.92 Å². The number of carbonyl (C=O) groups is 1. The molecule has 204 valence electrons. The normalized spacial score (nSPS) is 11.0. The number of benzene rings is 3. The molecule has 10 heteroatoms. The maximum Gasteiger partial charge on any atom is 1.00 e. The van der Waals surface area contributed by atoms with Gasteiger partial charge < -0.3 is 23.7 Å². The van der Waals surface area contributed by atoms with Gasteiger partial charge >= 0.3 is 41.3 Å². The Balaban J connectivity index is 0.00000441. The van der Waals surface area contributed by atoms with Crippen LogP contribution in [0.5, 0.6) is 11.5 Å². The quantitative estimate of drug-likeness (QED) is 0.203. The van der Waals surface area contributed by atoms with Crippen LogP contribution in [-0.4, -0.2) is 22.9 Å². The number of carbonyl (C=O) groups excluding carboxylic acids is 1. The summed E-state index contributed by atoms with van der Waals surface area (Å²) >= 11 is 0. The minimum atomic E-state index is -0.904. The van der Waals surface area contributed by atoms with Crippen LogP contribution in [-0.2, 0) is 22.7 Å². The van der Waals surface area contributed by atoms with Gasteiger partial charge in [-0.25, -0.2) is 4.79 Å². The second kappa shape index (κ2) is 13.7. The summed E-state index contributed by atoms with van der Waals surface area (Å²) < 4.78 is 22.8. The Labute approximate surface area is 254 Å². The zero-order valence-electron chi connectivity index (χ0n) is 23.4. The number of rotatable bonds is 11. The van der Waals surface area contributed by atoms with Crippen LogP contribution in [0.3, 0.4) is 0 Å². The largest absolute Gasteiger partial charge is 1.00 e. The third-order valence-electron chi connectivity index (χ3n) is 6.07. The van der Waals surface area contributed by atoms with E-state index in [1.54, 1.807) is 24.3 Å². The Kier molecular flexibility index (Phi) is 10.6. The molecule has 4 aromatic rings. The molecule has 0 saturated carbocycles. The number of hydrogen-bond donors (Lipinski definition) is 0. The Morgan fingerprint density at radius 2 is 1.68 bits per heavy atom. The average Bonchev–Trinajstić information content (AvgIpc) is 3.19. The summed E-state index contributed by atoms with van der Waals surface area (Å²) in [6.07, 6.45) is 0.585. The van der Waals surface area contributed by atoms with Crippen LogP contribution in [0.1, 0.15) is 43.9 Å². The van der Waals surface area contributed by atoms with Crippen LogP contribution in [0.15, 0.2) is 80.8 Å². The monoisotopic (exact) mass is 554 g/mol. The molecule has 0 saturated heterocycles. The molecule has 4 rings (SSSR count). The number of hydrogen-bond acceptors (Lipinski definition) is 7. The van der Waals surface area contributed by atoms with E-state index in [4.69, 9.17) is 18.7 Å². The van der Waals surface area contributed by atoms with E-state index in [2.05, 4.69) is 17.1 Å². The molecule has 0 spiro atoms. The van der Waals surface area contributed by atoms with E-state index < -0.39 is 17.0 Å². The summed E-state index contributed by atoms with van der Waals surface area (Å²) in [7, 11) is 0. The molecule has 0 bridgehead atoms. The van der Waals surface area contributed by atoms with E-state index in [0.29, 0.717) is 25.4 Å². The number of ether oxygens (including phenoxy) is 3. The van der Waals surface area contributed by atoms with Crippen molar-refractivity contribution in [2.24, 2.45) is 0 Å². The van der Waals surface area contributed by atoms with Crippen LogP contribution in [0.2, 0.25) is 0 Å². The van der Waals surface area contributed by atoms with Gasteiger partial charge in [0.05, 0.1) is 6.61 Å². The van der Waals surface area contributed by atoms with E-state index in [-0.39, 0.29) is 42.1 Å². The van der Waals surface area contributed by atoms with Crippen molar-refractivity contribution in [2.75, 3.05) is 6.61 Å². The van der Waals surface area contributed by atoms with Crippen LogP contribution in [0.4, 0.5) is 0 Å². The molecule has 40 heavy (non-hydrogen) atoms. The molecule has 9 nitrogen and oxygen atoms in total. The molecule has 0 amide bonds. The molecule has 1 heterocycles. The van der Waals surface area contributed by atoms with Crippen molar-refractivity contribution in [3.05, 3.63) is 104 Å². The van der Waals surface area contributed by atoms with Crippen molar-refractivity contribution in [1.82, 2.24) is 9.72 Å². The maximum absolute atomic E-state index is 11.6. The molecule has 0 atom stereocenters. The third-order valence-corrected chi connectivity index (χ3v) is 6.07. The molecule has 0 unspecified atom stereocenters. The van der Waals surface area contributed by atoms with Crippen molar-refractivity contribution in [3.8, 4) is 22.6 Å². The van der Waals surface area contributed by atoms with Gasteiger partial charge in [0.1, 0.15) is 23.7 Å². The van der Waals surface area contributed by atoms with Crippen molar-refractivity contribution < 1.29 is 53.1 Å². The average molecular weight is 555 g/mol. The molecule has 0 aliphatic carbocycles. The van der Waals surface area contributed by atoms with Gasteiger partial charge in [0.15, 0.2) is 5.69 Å². The van der Waals surface area contributed by atoms with Crippen LogP contribution in [0.25, 0.3) is 11.1 Å². The van der Waals surface area contributed by atoms with E-state index in [1.165, 1.54) is 6.92 Å². The first-order chi connectivity index (χ1) is 18.6. The Morgan fingerprint density at radius 1 is 0.950 bits per heavy atom. The standard InChI is InChI=1S/C30H32N2O7.Na/c1-20-16-26(36-15-14-30(3,4)38-21(2)33)12-13-27(20)24-7-5-6-23(17-24)19-37-25-10-8-22(9-11-25)18-32-28(34)31-29(35)39-32;/h5-13,16-17H,14-15,18-19H2,1-4H3,(H,31,34,35);/q;+1/p-1. The van der Waals surface area contributed by atoms with Gasteiger partial charge in [-0.15, -0.1) is 0 Å². The number of nitrogens with zero attached hydrogens (tertiary/aromatic N) is 2. The number of esters is 1. The van der Waals surface area contributed by atoms with Gasteiger partial charge in [0, 0.05) is 19.9 Å². The van der Waals surface area contributed by atoms with Crippen molar-refractivity contribution >= 4 is 5.97 Å². The van der Waals surface area contributed by atoms with Gasteiger partial charge in [0.25, 0.3) is 0 Å². The predicted molar refractivity (Wildman–Crippen MR) is 145 cm³/mol. The van der Waals surface area contributed by atoms with Gasteiger partial charge in [-0.1, -0.05) is 36.4 Å². The van der Waals surface area contributed by atoms with E-state index in [0.717, 1.165) is 38.3 Å². The summed E-state index contributed by atoms with van der Waals surface area (Å²) in [5, 5.41) is 0. The minimum absolute atomic E-state index is 0. The molecule has 0 fully saturated rings. The fourth-order valence-corrected chi connectivity index (χ4v) is 4.14. The SMILES string of the molecule is CC(=O)OC(C)(C)CCOc1ccc(-c2cccc(COc3ccc(Cn4oc(=O)[n-]c4=O)cc3)c2)c(C)c1.[Na+]. The van der Waals surface area contributed by atoms with Gasteiger partial charge in [0.2, 0.25) is 0 Å². The van der Waals surface area contributed by atoms with Crippen LogP contribution < -0.4 is 55.5 Å². The fraction of sp³-hybridized carbons (Fsp3) is 0.300. The van der Waals surface area contributed by atoms with Crippen molar-refractivity contribution in [1.29, 1.82) is 0 Å². The molecular formula is C30H31N2NaO7. The van der Waals surface area contributed by atoms with Crippen molar-refractivity contribution in [3.63, 3.8) is 0 Å². The number of aromatic nitrogens is 2. The zero-order chi connectivity index (χ0) is 28.0. The first kappa shape index (κ1) is 31.0. The summed E-state index contributed by atoms with van der Waals surface area (Å²) in [5.41, 5.74) is 3.75. The third kappa shape index (κ3) is 8.74. The molecule has 0 radical (unpaired) electrons. The van der Waals surface area contributed by atoms with E-state index in [9.17, 15) is 14.4 Å². The summed E-state index contributed by atoms with van der Waals surface area (Å²) in [4.78, 5) is 37.1. The smallest absolute Gasteiger partial charge is 0.493 e. The van der Waals surface area contributed by atoms with E-state index in [1.807, 2.05) is 51.1 Å². The van der Waals surface area contributed by atoms with E-state index >= 15 is 0 Å². The molecular weight excluding hydrogens is 523 g/mol. The summed E-state index contributed by atoms with van der Waals surface area (Å²) in [5.74, 6) is 0.232. The number of aryl methyl sites for hydroxylation is 1. The molecule has 0 aliphatic heterocycles. The predicted octanol–water partition coefficient (Wildman–Crippen LogP) is 1.48. The Hall–Kier alpha value is -3.53. The summed E-state index contributed by atoms with van der Waals surface area (Å²) in [6, 6.07) is 21.3.